The molecule has 0 saturated heterocycles. The molecule has 0 unspecified atom stereocenters. The highest BCUT2D eigenvalue weighted by Crippen LogP contribution is 2.28. The Bertz CT molecular complexity index is 398. The van der Waals surface area contributed by atoms with Gasteiger partial charge in [0.1, 0.15) is 5.84 Å². The first-order chi connectivity index (χ1) is 7.08. The Labute approximate surface area is 90.6 Å². The molecule has 0 aliphatic carbocycles. The van der Waals surface area contributed by atoms with Gasteiger partial charge in [-0.25, -0.2) is 0 Å². The number of anilines is 1. The molecular weight excluding hydrogens is 186 g/mol. The third-order valence-electron chi connectivity index (χ3n) is 2.72. The van der Waals surface area contributed by atoms with E-state index in [9.17, 15) is 0 Å². The monoisotopic (exact) mass is 203 g/mol. The van der Waals surface area contributed by atoms with E-state index < -0.39 is 0 Å². The predicted octanol–water partition coefficient (Wildman–Crippen LogP) is 2.09. The van der Waals surface area contributed by atoms with Crippen molar-refractivity contribution < 1.29 is 0 Å². The number of hydrazone groups is 1. The molecular formula is C12H17N3. The van der Waals surface area contributed by atoms with E-state index in [0.717, 1.165) is 18.8 Å². The molecule has 2 rings (SSSR count). The van der Waals surface area contributed by atoms with E-state index in [0.29, 0.717) is 0 Å². The molecule has 0 amide bonds. The van der Waals surface area contributed by atoms with Gasteiger partial charge >= 0.3 is 0 Å². The SMILES string of the molecule is Cc1cc(C)c(N2CCC(N)=N2)c(C)c1. The van der Waals surface area contributed by atoms with Crippen LogP contribution in [0.25, 0.3) is 0 Å². The number of hydrogen-bond acceptors (Lipinski definition) is 3. The highest BCUT2D eigenvalue weighted by molar-refractivity contribution is 5.84. The summed E-state index contributed by atoms with van der Waals surface area (Å²) in [5, 5.41) is 6.35. The van der Waals surface area contributed by atoms with Crippen LogP contribution in [0.4, 0.5) is 5.69 Å². The van der Waals surface area contributed by atoms with Gasteiger partial charge in [-0.2, -0.15) is 5.10 Å². The third-order valence-corrected chi connectivity index (χ3v) is 2.72. The molecule has 0 aromatic heterocycles. The zero-order valence-electron chi connectivity index (χ0n) is 9.54. The number of aryl methyl sites for hydroxylation is 3. The second kappa shape index (κ2) is 3.57. The Morgan fingerprint density at radius 3 is 2.27 bits per heavy atom. The van der Waals surface area contributed by atoms with Crippen LogP contribution in [0.5, 0.6) is 0 Å². The van der Waals surface area contributed by atoms with E-state index in [4.69, 9.17) is 5.73 Å². The van der Waals surface area contributed by atoms with Crippen LogP contribution in [0.15, 0.2) is 17.2 Å². The van der Waals surface area contributed by atoms with Gasteiger partial charge in [0.15, 0.2) is 0 Å². The van der Waals surface area contributed by atoms with Crippen molar-refractivity contribution >= 4 is 11.5 Å². The lowest BCUT2D eigenvalue weighted by molar-refractivity contribution is 0.909. The quantitative estimate of drug-likeness (QED) is 0.759. The normalized spacial score (nSPS) is 15.7. The molecule has 1 aliphatic rings. The van der Waals surface area contributed by atoms with E-state index in [1.807, 2.05) is 5.01 Å². The first kappa shape index (κ1) is 10.0. The first-order valence-corrected chi connectivity index (χ1v) is 5.26. The highest BCUT2D eigenvalue weighted by Gasteiger charge is 2.17. The van der Waals surface area contributed by atoms with Crippen LogP contribution < -0.4 is 10.7 Å². The molecule has 2 N–H and O–H groups in total. The van der Waals surface area contributed by atoms with Crippen LogP contribution in [0.3, 0.4) is 0 Å². The van der Waals surface area contributed by atoms with E-state index in [2.05, 4.69) is 38.0 Å². The Kier molecular flexibility index (Phi) is 2.39. The smallest absolute Gasteiger partial charge is 0.122 e. The van der Waals surface area contributed by atoms with Gasteiger partial charge in [-0.05, 0) is 31.9 Å². The molecule has 0 radical (unpaired) electrons. The molecule has 3 heteroatoms. The van der Waals surface area contributed by atoms with Crippen molar-refractivity contribution in [3.8, 4) is 0 Å². The van der Waals surface area contributed by atoms with Crippen molar-refractivity contribution in [2.75, 3.05) is 11.6 Å². The number of nitrogens with zero attached hydrogens (tertiary/aromatic N) is 2. The summed E-state index contributed by atoms with van der Waals surface area (Å²) < 4.78 is 0. The summed E-state index contributed by atoms with van der Waals surface area (Å²) in [6.07, 6.45) is 0.868. The molecule has 0 fully saturated rings. The average molecular weight is 203 g/mol. The number of rotatable bonds is 1. The van der Waals surface area contributed by atoms with Gasteiger partial charge in [-0.3, -0.25) is 5.01 Å². The minimum Gasteiger partial charge on any atom is -0.386 e. The Hall–Kier alpha value is -1.51. The summed E-state index contributed by atoms with van der Waals surface area (Å²) in [6, 6.07) is 4.37. The van der Waals surface area contributed by atoms with Gasteiger partial charge in [-0.15, -0.1) is 0 Å². The minimum atomic E-state index is 0.731. The Morgan fingerprint density at radius 1 is 1.20 bits per heavy atom. The van der Waals surface area contributed by atoms with Crippen LogP contribution in [-0.4, -0.2) is 12.4 Å². The second-order valence-corrected chi connectivity index (χ2v) is 4.21. The van der Waals surface area contributed by atoms with E-state index in [1.54, 1.807) is 0 Å². The van der Waals surface area contributed by atoms with E-state index in [1.165, 1.54) is 22.4 Å². The van der Waals surface area contributed by atoms with Crippen molar-refractivity contribution in [1.29, 1.82) is 0 Å². The standard InChI is InChI=1S/C12H17N3/c1-8-6-9(2)12(10(3)7-8)15-5-4-11(13)14-15/h6-7H,4-5H2,1-3H3,(H2,13,14). The number of nitrogens with two attached hydrogens (primary N) is 1. The largest absolute Gasteiger partial charge is 0.386 e. The molecule has 0 saturated carbocycles. The number of amidine groups is 1. The third kappa shape index (κ3) is 1.82. The van der Waals surface area contributed by atoms with Crippen LogP contribution in [-0.2, 0) is 0 Å². The van der Waals surface area contributed by atoms with Crippen molar-refractivity contribution in [1.82, 2.24) is 0 Å². The predicted molar refractivity (Wildman–Crippen MR) is 64.2 cm³/mol. The molecule has 80 valence electrons. The van der Waals surface area contributed by atoms with Crippen molar-refractivity contribution in [2.45, 2.75) is 27.2 Å². The van der Waals surface area contributed by atoms with Crippen LogP contribution in [0.1, 0.15) is 23.1 Å². The lowest BCUT2D eigenvalue weighted by atomic mass is 10.0. The fourth-order valence-electron chi connectivity index (χ4n) is 2.22. The van der Waals surface area contributed by atoms with Crippen LogP contribution >= 0.6 is 0 Å². The summed E-state index contributed by atoms with van der Waals surface area (Å²) in [5.74, 6) is 0.731. The van der Waals surface area contributed by atoms with E-state index >= 15 is 0 Å². The van der Waals surface area contributed by atoms with E-state index in [-0.39, 0.29) is 0 Å². The average Bonchev–Trinajstić information content (AvgIpc) is 2.49. The summed E-state index contributed by atoms with van der Waals surface area (Å²) in [5.41, 5.74) is 10.7. The Balaban J connectivity index is 2.44. The van der Waals surface area contributed by atoms with Crippen LogP contribution in [0.2, 0.25) is 0 Å². The zero-order valence-corrected chi connectivity index (χ0v) is 9.54. The van der Waals surface area contributed by atoms with Gasteiger partial charge in [-0.1, -0.05) is 17.7 Å². The lowest BCUT2D eigenvalue weighted by Crippen LogP contribution is -2.14. The fraction of sp³-hybridized carbons (Fsp3) is 0.417. The minimum absolute atomic E-state index is 0.731. The van der Waals surface area contributed by atoms with Gasteiger partial charge in [0, 0.05) is 13.0 Å². The van der Waals surface area contributed by atoms with Gasteiger partial charge in [0.25, 0.3) is 0 Å². The second-order valence-electron chi connectivity index (χ2n) is 4.21. The van der Waals surface area contributed by atoms with Crippen molar-refractivity contribution in [3.63, 3.8) is 0 Å². The molecule has 1 aromatic carbocycles. The summed E-state index contributed by atoms with van der Waals surface area (Å²) in [6.45, 7) is 7.26. The molecule has 0 spiro atoms. The molecule has 1 heterocycles. The fourth-order valence-corrected chi connectivity index (χ4v) is 2.22. The lowest BCUT2D eigenvalue weighted by Gasteiger charge is -2.19. The van der Waals surface area contributed by atoms with Crippen molar-refractivity contribution in [2.24, 2.45) is 10.8 Å². The molecule has 0 atom stereocenters. The van der Waals surface area contributed by atoms with Gasteiger partial charge in [0.05, 0.1) is 5.69 Å². The zero-order chi connectivity index (χ0) is 11.0. The summed E-state index contributed by atoms with van der Waals surface area (Å²) in [7, 11) is 0. The molecule has 15 heavy (non-hydrogen) atoms. The maximum Gasteiger partial charge on any atom is 0.122 e. The maximum absolute atomic E-state index is 5.70. The molecule has 0 bridgehead atoms. The molecule has 1 aliphatic heterocycles. The van der Waals surface area contributed by atoms with Crippen molar-refractivity contribution in [3.05, 3.63) is 28.8 Å². The topological polar surface area (TPSA) is 41.6 Å². The van der Waals surface area contributed by atoms with Gasteiger partial charge < -0.3 is 5.73 Å². The number of hydrogen-bond donors (Lipinski definition) is 1. The summed E-state index contributed by atoms with van der Waals surface area (Å²) in [4.78, 5) is 0. The summed E-state index contributed by atoms with van der Waals surface area (Å²) >= 11 is 0. The maximum atomic E-state index is 5.70. The van der Waals surface area contributed by atoms with Crippen LogP contribution in [0, 0.1) is 20.8 Å². The van der Waals surface area contributed by atoms with Gasteiger partial charge in [0.2, 0.25) is 0 Å². The molecule has 3 nitrogen and oxygen atoms in total. The highest BCUT2D eigenvalue weighted by atomic mass is 15.5. The first-order valence-electron chi connectivity index (χ1n) is 5.26. The number of benzene rings is 1. The molecule has 1 aromatic rings. The Morgan fingerprint density at radius 2 is 1.80 bits per heavy atom.